The van der Waals surface area contributed by atoms with Gasteiger partial charge in [-0.3, -0.25) is 19.5 Å². The maximum atomic E-state index is 12.3. The molecule has 2 heterocycles. The molecule has 2 N–H and O–H groups in total. The first-order valence-corrected chi connectivity index (χ1v) is 7.44. The second-order valence-corrected chi connectivity index (χ2v) is 5.47. The topological polar surface area (TPSA) is 96.9 Å². The molecule has 2 aromatic heterocycles. The Labute approximate surface area is 128 Å². The van der Waals surface area contributed by atoms with E-state index in [1.165, 1.54) is 11.3 Å². The molecule has 7 nitrogen and oxygen atoms in total. The average Bonchev–Trinajstić information content (AvgIpc) is 3.02. The summed E-state index contributed by atoms with van der Waals surface area (Å²) in [4.78, 5) is 39.9. The Morgan fingerprint density at radius 1 is 1.27 bits per heavy atom. The van der Waals surface area contributed by atoms with Crippen molar-refractivity contribution in [3.63, 3.8) is 0 Å². The summed E-state index contributed by atoms with van der Waals surface area (Å²) < 4.78 is 1.16. The van der Waals surface area contributed by atoms with E-state index in [2.05, 4.69) is 15.4 Å². The zero-order valence-corrected chi connectivity index (χ0v) is 12.2. The summed E-state index contributed by atoms with van der Waals surface area (Å²) in [6.07, 6.45) is 1.65. The minimum absolute atomic E-state index is 0.0633. The molecule has 0 saturated heterocycles. The van der Waals surface area contributed by atoms with E-state index in [0.29, 0.717) is 15.9 Å². The normalized spacial score (nSPS) is 10.7. The molecule has 0 aliphatic heterocycles. The fourth-order valence-corrected chi connectivity index (χ4v) is 2.63. The number of aryl methyl sites for hydroxylation is 1. The van der Waals surface area contributed by atoms with Crippen molar-refractivity contribution >= 4 is 33.1 Å². The molecule has 0 saturated carbocycles. The number of rotatable bonds is 4. The van der Waals surface area contributed by atoms with Crippen molar-refractivity contribution in [2.24, 2.45) is 0 Å². The number of aromatic amines is 1. The number of benzene rings is 1. The van der Waals surface area contributed by atoms with Gasteiger partial charge in [0.25, 0.3) is 11.1 Å². The van der Waals surface area contributed by atoms with E-state index in [1.54, 1.807) is 35.8 Å². The Morgan fingerprint density at radius 3 is 2.77 bits per heavy atom. The SMILES string of the molecule is O=C(CCn1[nH]c(=O)c2ccccc2c1=O)Nc1nccs1. The number of amides is 1. The van der Waals surface area contributed by atoms with E-state index >= 15 is 0 Å². The standard InChI is InChI=1S/C14H12N4O3S/c19-11(16-14-15-6-8-22-14)5-7-18-13(21)10-4-2-1-3-9(10)12(20)17-18/h1-4,6,8H,5,7H2,(H,17,20)(H,15,16,19). The van der Waals surface area contributed by atoms with E-state index in [0.717, 1.165) is 4.68 Å². The first-order valence-electron chi connectivity index (χ1n) is 6.56. The monoisotopic (exact) mass is 316 g/mol. The van der Waals surface area contributed by atoms with Crippen molar-refractivity contribution in [3.8, 4) is 0 Å². The van der Waals surface area contributed by atoms with Crippen molar-refractivity contribution in [3.05, 3.63) is 56.5 Å². The molecule has 0 atom stereocenters. The van der Waals surface area contributed by atoms with Gasteiger partial charge in [0.2, 0.25) is 5.91 Å². The molecule has 0 spiro atoms. The summed E-state index contributed by atoms with van der Waals surface area (Å²) in [5.41, 5.74) is -0.673. The summed E-state index contributed by atoms with van der Waals surface area (Å²) >= 11 is 1.31. The van der Waals surface area contributed by atoms with Gasteiger partial charge < -0.3 is 5.32 Å². The molecule has 0 radical (unpaired) electrons. The van der Waals surface area contributed by atoms with Crippen molar-refractivity contribution in [1.82, 2.24) is 14.8 Å². The van der Waals surface area contributed by atoms with Crippen LogP contribution in [0.25, 0.3) is 10.8 Å². The first kappa shape index (κ1) is 14.2. The number of hydrogen-bond donors (Lipinski definition) is 2. The minimum Gasteiger partial charge on any atom is -0.302 e. The van der Waals surface area contributed by atoms with Crippen LogP contribution in [0.4, 0.5) is 5.13 Å². The highest BCUT2D eigenvalue weighted by atomic mass is 32.1. The van der Waals surface area contributed by atoms with Gasteiger partial charge in [-0.25, -0.2) is 9.67 Å². The van der Waals surface area contributed by atoms with E-state index in [-0.39, 0.29) is 30.0 Å². The lowest BCUT2D eigenvalue weighted by Gasteiger charge is -2.06. The third kappa shape index (κ3) is 2.82. The zero-order valence-electron chi connectivity index (χ0n) is 11.4. The van der Waals surface area contributed by atoms with Crippen LogP contribution in [-0.4, -0.2) is 20.7 Å². The third-order valence-electron chi connectivity index (χ3n) is 3.12. The summed E-state index contributed by atoms with van der Waals surface area (Å²) in [5, 5.41) is 8.05. The van der Waals surface area contributed by atoms with Crippen LogP contribution in [-0.2, 0) is 11.3 Å². The lowest BCUT2D eigenvalue weighted by Crippen LogP contribution is -2.31. The molecule has 22 heavy (non-hydrogen) atoms. The second kappa shape index (κ2) is 5.94. The van der Waals surface area contributed by atoms with E-state index in [9.17, 15) is 14.4 Å². The Morgan fingerprint density at radius 2 is 2.05 bits per heavy atom. The molecule has 0 aliphatic carbocycles. The number of aromatic nitrogens is 3. The highest BCUT2D eigenvalue weighted by Crippen LogP contribution is 2.10. The summed E-state index contributed by atoms with van der Waals surface area (Å²) in [5.74, 6) is -0.268. The predicted octanol–water partition coefficient (Wildman–Crippen LogP) is 1.18. The Kier molecular flexibility index (Phi) is 3.84. The van der Waals surface area contributed by atoms with Crippen LogP contribution >= 0.6 is 11.3 Å². The van der Waals surface area contributed by atoms with Crippen LogP contribution < -0.4 is 16.4 Å². The third-order valence-corrected chi connectivity index (χ3v) is 3.81. The van der Waals surface area contributed by atoms with Crippen LogP contribution in [0.15, 0.2) is 45.4 Å². The molecule has 0 fully saturated rings. The molecule has 0 aliphatic rings. The molecular weight excluding hydrogens is 304 g/mol. The van der Waals surface area contributed by atoms with Gasteiger partial charge >= 0.3 is 0 Å². The molecule has 1 aromatic carbocycles. The molecule has 8 heteroatoms. The molecular formula is C14H12N4O3S. The average molecular weight is 316 g/mol. The van der Waals surface area contributed by atoms with Gasteiger partial charge in [-0.1, -0.05) is 12.1 Å². The highest BCUT2D eigenvalue weighted by molar-refractivity contribution is 7.13. The van der Waals surface area contributed by atoms with Crippen molar-refractivity contribution in [1.29, 1.82) is 0 Å². The number of nitrogens with one attached hydrogen (secondary N) is 2. The first-order chi connectivity index (χ1) is 10.6. The van der Waals surface area contributed by atoms with Crippen LogP contribution in [0.2, 0.25) is 0 Å². The molecule has 0 unspecified atom stereocenters. The van der Waals surface area contributed by atoms with Gasteiger partial charge in [-0.05, 0) is 12.1 Å². The van der Waals surface area contributed by atoms with Gasteiger partial charge in [0.1, 0.15) is 0 Å². The Hall–Kier alpha value is -2.74. The van der Waals surface area contributed by atoms with E-state index in [1.807, 2.05) is 0 Å². The van der Waals surface area contributed by atoms with Crippen LogP contribution in [0.3, 0.4) is 0 Å². The van der Waals surface area contributed by atoms with E-state index < -0.39 is 0 Å². The molecule has 0 bridgehead atoms. The quantitative estimate of drug-likeness (QED) is 0.755. The smallest absolute Gasteiger partial charge is 0.273 e. The van der Waals surface area contributed by atoms with E-state index in [4.69, 9.17) is 0 Å². The maximum absolute atomic E-state index is 12.3. The number of nitrogens with zero attached hydrogens (tertiary/aromatic N) is 2. The number of anilines is 1. The summed E-state index contributed by atoms with van der Waals surface area (Å²) in [7, 11) is 0. The molecule has 3 rings (SSSR count). The highest BCUT2D eigenvalue weighted by Gasteiger charge is 2.09. The number of carbonyl (C=O) groups is 1. The van der Waals surface area contributed by atoms with Crippen LogP contribution in [0.1, 0.15) is 6.42 Å². The summed E-state index contributed by atoms with van der Waals surface area (Å²) in [6.45, 7) is 0.0934. The largest absolute Gasteiger partial charge is 0.302 e. The Bertz CT molecular complexity index is 927. The van der Waals surface area contributed by atoms with Crippen molar-refractivity contribution in [2.75, 3.05) is 5.32 Å². The molecule has 1 amide bonds. The van der Waals surface area contributed by atoms with Gasteiger partial charge in [0.15, 0.2) is 5.13 Å². The van der Waals surface area contributed by atoms with Gasteiger partial charge in [0.05, 0.1) is 17.3 Å². The van der Waals surface area contributed by atoms with Gasteiger partial charge in [0, 0.05) is 18.0 Å². The fourth-order valence-electron chi connectivity index (χ4n) is 2.08. The second-order valence-electron chi connectivity index (χ2n) is 4.58. The minimum atomic E-state index is -0.351. The zero-order chi connectivity index (χ0) is 15.5. The molecule has 112 valence electrons. The fraction of sp³-hybridized carbons (Fsp3) is 0.143. The predicted molar refractivity (Wildman–Crippen MR) is 84.2 cm³/mol. The van der Waals surface area contributed by atoms with Gasteiger partial charge in [-0.15, -0.1) is 11.3 Å². The number of carbonyl (C=O) groups excluding carboxylic acids is 1. The maximum Gasteiger partial charge on any atom is 0.273 e. The number of thiazole rings is 1. The van der Waals surface area contributed by atoms with Crippen molar-refractivity contribution < 1.29 is 4.79 Å². The van der Waals surface area contributed by atoms with Crippen LogP contribution in [0.5, 0.6) is 0 Å². The number of hydrogen-bond acceptors (Lipinski definition) is 5. The summed E-state index contributed by atoms with van der Waals surface area (Å²) in [6, 6.07) is 6.58. The lowest BCUT2D eigenvalue weighted by atomic mass is 10.2. The van der Waals surface area contributed by atoms with Crippen molar-refractivity contribution in [2.45, 2.75) is 13.0 Å². The Balaban J connectivity index is 1.80. The lowest BCUT2D eigenvalue weighted by molar-refractivity contribution is -0.116. The number of H-pyrrole nitrogens is 1. The van der Waals surface area contributed by atoms with Gasteiger partial charge in [-0.2, -0.15) is 0 Å². The van der Waals surface area contributed by atoms with Crippen LogP contribution in [0, 0.1) is 0 Å². The number of fused-ring (bicyclic) bond motifs is 1. The molecule has 3 aromatic rings.